The van der Waals surface area contributed by atoms with E-state index in [-0.39, 0.29) is 0 Å². The lowest BCUT2D eigenvalue weighted by atomic mass is 10.2. The Morgan fingerprint density at radius 3 is 3.00 bits per heavy atom. The largest absolute Gasteiger partial charge is 0.469 e. The number of aromatic nitrogens is 5. The first-order valence-electron chi connectivity index (χ1n) is 7.94. The third-order valence-electron chi connectivity index (χ3n) is 3.71. The molecule has 4 heterocycles. The molecule has 4 aromatic rings. The Kier molecular flexibility index (Phi) is 5.28. The molecule has 7 nitrogen and oxygen atoms in total. The number of furan rings is 1. The second kappa shape index (κ2) is 7.83. The van der Waals surface area contributed by atoms with E-state index in [4.69, 9.17) is 8.94 Å². The Hall–Kier alpha value is -2.17. The minimum Gasteiger partial charge on any atom is -0.469 e. The molecule has 0 aromatic carbocycles. The molecule has 0 atom stereocenters. The Bertz CT molecular complexity index is 1080. The van der Waals surface area contributed by atoms with Crippen molar-refractivity contribution in [2.45, 2.75) is 24.4 Å². The maximum Gasteiger partial charge on any atom is 0.237 e. The summed E-state index contributed by atoms with van der Waals surface area (Å²) in [5.74, 6) is 3.17. The van der Waals surface area contributed by atoms with Crippen LogP contribution in [0.1, 0.15) is 11.7 Å². The van der Waals surface area contributed by atoms with Crippen LogP contribution in [0, 0.1) is 6.92 Å². The summed E-state index contributed by atoms with van der Waals surface area (Å²) in [6.07, 6.45) is 3.46. The van der Waals surface area contributed by atoms with Crippen molar-refractivity contribution in [3.8, 4) is 22.1 Å². The first-order valence-corrected chi connectivity index (χ1v) is 10.6. The van der Waals surface area contributed by atoms with E-state index in [0.717, 1.165) is 31.7 Å². The number of thioether (sulfide) groups is 1. The molecule has 0 radical (unpaired) electrons. The van der Waals surface area contributed by atoms with Gasteiger partial charge in [0.25, 0.3) is 0 Å². The summed E-state index contributed by atoms with van der Waals surface area (Å²) < 4.78 is 13.7. The second-order valence-electron chi connectivity index (χ2n) is 5.53. The molecule has 138 valence electrons. The zero-order valence-electron chi connectivity index (χ0n) is 14.3. The van der Waals surface area contributed by atoms with Gasteiger partial charge >= 0.3 is 0 Å². The van der Waals surface area contributed by atoms with E-state index in [1.54, 1.807) is 17.6 Å². The van der Waals surface area contributed by atoms with Crippen LogP contribution in [0.3, 0.4) is 0 Å². The lowest BCUT2D eigenvalue weighted by Crippen LogP contribution is -2.00. The number of hydrogen-bond acceptors (Lipinski definition) is 8. The van der Waals surface area contributed by atoms with E-state index < -0.39 is 0 Å². The van der Waals surface area contributed by atoms with Gasteiger partial charge < -0.3 is 8.94 Å². The third kappa shape index (κ3) is 3.78. The van der Waals surface area contributed by atoms with E-state index in [1.807, 2.05) is 35.1 Å². The standard InChI is InChI=1S/C17H14BrN5O2S2/c1-3-5-23-16(12-4-6-24-10(12)2)20-21-17(23)27-9-14-19-15(22-25-14)13-7-11(18)8-26-13/h3-4,6-8H,1,5,9H2,2H3. The predicted octanol–water partition coefficient (Wildman–Crippen LogP) is 5.20. The van der Waals surface area contributed by atoms with Crippen molar-refractivity contribution in [3.05, 3.63) is 52.6 Å². The monoisotopic (exact) mass is 463 g/mol. The maximum atomic E-state index is 5.39. The average Bonchev–Trinajstić information content (AvgIpc) is 3.41. The molecule has 0 bridgehead atoms. The Morgan fingerprint density at radius 1 is 1.41 bits per heavy atom. The van der Waals surface area contributed by atoms with Gasteiger partial charge in [0.2, 0.25) is 11.7 Å². The smallest absolute Gasteiger partial charge is 0.237 e. The predicted molar refractivity (Wildman–Crippen MR) is 108 cm³/mol. The summed E-state index contributed by atoms with van der Waals surface area (Å²) >= 11 is 6.48. The number of allylic oxidation sites excluding steroid dienone is 1. The van der Waals surface area contributed by atoms with Crippen LogP contribution in [-0.2, 0) is 12.3 Å². The van der Waals surface area contributed by atoms with Crippen molar-refractivity contribution in [2.24, 2.45) is 0 Å². The average molecular weight is 464 g/mol. The minimum absolute atomic E-state index is 0.499. The normalized spacial score (nSPS) is 11.2. The van der Waals surface area contributed by atoms with Crippen molar-refractivity contribution >= 4 is 39.0 Å². The quantitative estimate of drug-likeness (QED) is 0.275. The molecular formula is C17H14BrN5O2S2. The highest BCUT2D eigenvalue weighted by Crippen LogP contribution is 2.30. The lowest BCUT2D eigenvalue weighted by Gasteiger charge is -2.06. The summed E-state index contributed by atoms with van der Waals surface area (Å²) in [5.41, 5.74) is 0.916. The zero-order chi connectivity index (χ0) is 18.8. The van der Waals surface area contributed by atoms with Crippen molar-refractivity contribution in [1.29, 1.82) is 0 Å². The van der Waals surface area contributed by atoms with Crippen LogP contribution in [0.2, 0.25) is 0 Å². The van der Waals surface area contributed by atoms with Gasteiger partial charge in [0.1, 0.15) is 5.76 Å². The molecule has 4 aromatic heterocycles. The third-order valence-corrected chi connectivity index (χ3v) is 6.35. The van der Waals surface area contributed by atoms with Crippen LogP contribution in [0.25, 0.3) is 22.1 Å². The van der Waals surface area contributed by atoms with E-state index in [2.05, 4.69) is 42.8 Å². The van der Waals surface area contributed by atoms with E-state index in [0.29, 0.717) is 24.0 Å². The molecule has 0 fully saturated rings. The fraction of sp³-hybridized carbons (Fsp3) is 0.176. The molecule has 0 amide bonds. The molecule has 10 heteroatoms. The zero-order valence-corrected chi connectivity index (χ0v) is 17.5. The fourth-order valence-electron chi connectivity index (χ4n) is 2.48. The van der Waals surface area contributed by atoms with Crippen molar-refractivity contribution in [3.63, 3.8) is 0 Å². The summed E-state index contributed by atoms with van der Waals surface area (Å²) in [5, 5.41) is 15.4. The van der Waals surface area contributed by atoms with Gasteiger partial charge in [-0.3, -0.25) is 4.57 Å². The summed E-state index contributed by atoms with van der Waals surface area (Å²) in [6.45, 7) is 6.32. The number of thiophene rings is 1. The highest BCUT2D eigenvalue weighted by Gasteiger charge is 2.18. The Morgan fingerprint density at radius 2 is 2.30 bits per heavy atom. The topological polar surface area (TPSA) is 82.8 Å². The van der Waals surface area contributed by atoms with Crippen molar-refractivity contribution in [2.75, 3.05) is 0 Å². The van der Waals surface area contributed by atoms with Crippen LogP contribution < -0.4 is 0 Å². The Balaban J connectivity index is 1.53. The van der Waals surface area contributed by atoms with Gasteiger partial charge in [0, 0.05) is 16.4 Å². The molecule has 0 unspecified atom stereocenters. The van der Waals surface area contributed by atoms with Crippen LogP contribution in [-0.4, -0.2) is 24.9 Å². The molecule has 0 aliphatic heterocycles. The van der Waals surface area contributed by atoms with Crippen LogP contribution in [0.5, 0.6) is 0 Å². The second-order valence-corrected chi connectivity index (χ2v) is 8.29. The highest BCUT2D eigenvalue weighted by molar-refractivity contribution is 9.10. The van der Waals surface area contributed by atoms with E-state index in [1.165, 1.54) is 11.8 Å². The molecule has 0 saturated carbocycles. The van der Waals surface area contributed by atoms with Gasteiger partial charge in [-0.15, -0.1) is 28.1 Å². The van der Waals surface area contributed by atoms with Crippen LogP contribution in [0.15, 0.2) is 55.0 Å². The van der Waals surface area contributed by atoms with Gasteiger partial charge in [-0.25, -0.2) is 0 Å². The molecule has 0 aliphatic rings. The number of aryl methyl sites for hydroxylation is 1. The summed E-state index contributed by atoms with van der Waals surface area (Å²) in [6, 6.07) is 3.85. The molecule has 4 rings (SSSR count). The molecule has 27 heavy (non-hydrogen) atoms. The van der Waals surface area contributed by atoms with E-state index >= 15 is 0 Å². The summed E-state index contributed by atoms with van der Waals surface area (Å²) in [7, 11) is 0. The first-order chi connectivity index (χ1) is 13.2. The van der Waals surface area contributed by atoms with E-state index in [9.17, 15) is 0 Å². The molecule has 0 saturated heterocycles. The molecule has 0 N–H and O–H groups in total. The van der Waals surface area contributed by atoms with Gasteiger partial charge in [-0.1, -0.05) is 23.0 Å². The molecular weight excluding hydrogens is 450 g/mol. The van der Waals surface area contributed by atoms with Crippen molar-refractivity contribution in [1.82, 2.24) is 24.9 Å². The summed E-state index contributed by atoms with van der Waals surface area (Å²) in [4.78, 5) is 5.41. The number of rotatable bonds is 7. The van der Waals surface area contributed by atoms with Crippen LogP contribution in [0.4, 0.5) is 0 Å². The number of halogens is 1. The SMILES string of the molecule is C=CCn1c(SCc2nc(-c3cc(Br)cs3)no2)nnc1-c1ccoc1C. The minimum atomic E-state index is 0.499. The molecule has 0 spiro atoms. The van der Waals surface area contributed by atoms with Crippen molar-refractivity contribution < 1.29 is 8.94 Å². The Labute approximate surface area is 171 Å². The lowest BCUT2D eigenvalue weighted by molar-refractivity contribution is 0.391. The van der Waals surface area contributed by atoms with Gasteiger partial charge in [-0.2, -0.15) is 4.98 Å². The van der Waals surface area contributed by atoms with Gasteiger partial charge in [0.05, 0.1) is 22.5 Å². The highest BCUT2D eigenvalue weighted by atomic mass is 79.9. The van der Waals surface area contributed by atoms with Gasteiger partial charge in [0.15, 0.2) is 11.0 Å². The van der Waals surface area contributed by atoms with Gasteiger partial charge in [-0.05, 0) is 35.0 Å². The first kappa shape index (κ1) is 18.2. The maximum absolute atomic E-state index is 5.39. The number of hydrogen-bond donors (Lipinski definition) is 0. The fourth-order valence-corrected chi connectivity index (χ4v) is 4.61. The number of nitrogens with zero attached hydrogens (tertiary/aromatic N) is 5. The molecule has 0 aliphatic carbocycles. The van der Waals surface area contributed by atoms with Crippen LogP contribution >= 0.6 is 39.0 Å².